The zero-order chi connectivity index (χ0) is 10.1. The van der Waals surface area contributed by atoms with Crippen LogP contribution in [0.25, 0.3) is 10.7 Å². The summed E-state index contributed by atoms with van der Waals surface area (Å²) in [5.74, 6) is 1.55. The molecule has 74 valence electrons. The molecular formula is C9H12N4S. The van der Waals surface area contributed by atoms with Crippen molar-refractivity contribution in [2.45, 2.75) is 6.92 Å². The van der Waals surface area contributed by atoms with Crippen LogP contribution in [-0.4, -0.2) is 29.3 Å². The van der Waals surface area contributed by atoms with Gasteiger partial charge in [-0.25, -0.2) is 0 Å². The van der Waals surface area contributed by atoms with Crippen LogP contribution in [0.4, 0.5) is 5.95 Å². The molecule has 1 N–H and O–H groups in total. The molecule has 0 unspecified atom stereocenters. The van der Waals surface area contributed by atoms with Gasteiger partial charge in [0.05, 0.1) is 4.88 Å². The summed E-state index contributed by atoms with van der Waals surface area (Å²) in [4.78, 5) is 8.65. The van der Waals surface area contributed by atoms with Crippen molar-refractivity contribution in [1.29, 1.82) is 0 Å². The van der Waals surface area contributed by atoms with Gasteiger partial charge >= 0.3 is 0 Å². The quantitative estimate of drug-likeness (QED) is 0.820. The van der Waals surface area contributed by atoms with Crippen LogP contribution in [0.2, 0.25) is 0 Å². The van der Waals surface area contributed by atoms with Gasteiger partial charge in [-0.2, -0.15) is 4.98 Å². The number of nitrogens with one attached hydrogen (secondary N) is 1. The van der Waals surface area contributed by atoms with Gasteiger partial charge in [0, 0.05) is 19.0 Å². The lowest BCUT2D eigenvalue weighted by molar-refractivity contribution is 0.999. The molecule has 0 aliphatic rings. The first kappa shape index (κ1) is 9.21. The molecule has 4 nitrogen and oxygen atoms in total. The number of hydrogen-bond acceptors (Lipinski definition) is 4. The molecule has 0 saturated heterocycles. The third-order valence-corrected chi connectivity index (χ3v) is 2.85. The van der Waals surface area contributed by atoms with E-state index in [1.807, 2.05) is 19.0 Å². The maximum atomic E-state index is 4.36. The van der Waals surface area contributed by atoms with Crippen molar-refractivity contribution < 1.29 is 0 Å². The van der Waals surface area contributed by atoms with Gasteiger partial charge in [0.2, 0.25) is 5.95 Å². The van der Waals surface area contributed by atoms with Crippen molar-refractivity contribution in [3.63, 3.8) is 0 Å². The molecule has 0 aliphatic heterocycles. The van der Waals surface area contributed by atoms with Crippen LogP contribution in [0, 0.1) is 6.92 Å². The van der Waals surface area contributed by atoms with E-state index in [1.165, 1.54) is 4.88 Å². The number of H-pyrrole nitrogens is 1. The Labute approximate surface area is 86.6 Å². The minimum Gasteiger partial charge on any atom is -0.346 e. The number of nitrogens with zero attached hydrogens (tertiary/aromatic N) is 3. The van der Waals surface area contributed by atoms with E-state index in [4.69, 9.17) is 0 Å². The highest BCUT2D eigenvalue weighted by Crippen LogP contribution is 2.25. The van der Waals surface area contributed by atoms with Crippen LogP contribution in [0.15, 0.2) is 12.1 Å². The average Bonchev–Trinajstić information content (AvgIpc) is 2.70. The van der Waals surface area contributed by atoms with Gasteiger partial charge in [0.25, 0.3) is 0 Å². The van der Waals surface area contributed by atoms with Crippen LogP contribution in [0.5, 0.6) is 0 Å². The van der Waals surface area contributed by atoms with Crippen molar-refractivity contribution in [3.05, 3.63) is 17.0 Å². The van der Waals surface area contributed by atoms with Gasteiger partial charge in [-0.1, -0.05) is 0 Å². The monoisotopic (exact) mass is 208 g/mol. The second-order valence-corrected chi connectivity index (χ2v) is 4.58. The molecule has 2 heterocycles. The molecule has 2 aromatic rings. The number of thiophene rings is 1. The molecule has 14 heavy (non-hydrogen) atoms. The Balaban J connectivity index is 2.33. The molecule has 0 aromatic carbocycles. The van der Waals surface area contributed by atoms with E-state index in [-0.39, 0.29) is 0 Å². The Morgan fingerprint density at radius 1 is 1.36 bits per heavy atom. The fourth-order valence-electron chi connectivity index (χ4n) is 1.12. The zero-order valence-electron chi connectivity index (χ0n) is 8.40. The van der Waals surface area contributed by atoms with Gasteiger partial charge in [0.15, 0.2) is 5.82 Å². The Bertz CT molecular complexity index is 429. The third kappa shape index (κ3) is 1.63. The molecule has 2 rings (SSSR count). The van der Waals surface area contributed by atoms with E-state index in [1.54, 1.807) is 11.3 Å². The molecular weight excluding hydrogens is 196 g/mol. The van der Waals surface area contributed by atoms with Crippen LogP contribution >= 0.6 is 11.3 Å². The predicted octanol–water partition coefficient (Wildman–Crippen LogP) is 1.91. The molecule has 0 aliphatic carbocycles. The Morgan fingerprint density at radius 2 is 2.14 bits per heavy atom. The molecule has 0 radical (unpaired) electrons. The molecule has 0 atom stereocenters. The second-order valence-electron chi connectivity index (χ2n) is 3.29. The Kier molecular flexibility index (Phi) is 2.25. The van der Waals surface area contributed by atoms with Gasteiger partial charge in [-0.15, -0.1) is 16.4 Å². The maximum Gasteiger partial charge on any atom is 0.244 e. The zero-order valence-corrected chi connectivity index (χ0v) is 9.22. The highest BCUT2D eigenvalue weighted by molar-refractivity contribution is 7.15. The summed E-state index contributed by atoms with van der Waals surface area (Å²) in [6, 6.07) is 4.14. The summed E-state index contributed by atoms with van der Waals surface area (Å²) in [7, 11) is 3.85. The molecule has 2 aromatic heterocycles. The number of hydrogen-bond donors (Lipinski definition) is 1. The summed E-state index contributed by atoms with van der Waals surface area (Å²) in [6.07, 6.45) is 0. The summed E-state index contributed by atoms with van der Waals surface area (Å²) in [6.45, 7) is 2.08. The number of rotatable bonds is 2. The Hall–Kier alpha value is -1.36. The number of aromatic nitrogens is 3. The summed E-state index contributed by atoms with van der Waals surface area (Å²) in [5, 5.41) is 7.02. The molecule has 0 saturated carbocycles. The van der Waals surface area contributed by atoms with E-state index < -0.39 is 0 Å². The highest BCUT2D eigenvalue weighted by atomic mass is 32.1. The van der Waals surface area contributed by atoms with Crippen LogP contribution in [-0.2, 0) is 0 Å². The third-order valence-electron chi connectivity index (χ3n) is 1.85. The first-order valence-corrected chi connectivity index (χ1v) is 5.15. The van der Waals surface area contributed by atoms with Gasteiger partial charge in [-0.05, 0) is 19.1 Å². The SMILES string of the molecule is Cc1ccc(-c2nc(N(C)C)n[nH]2)s1. The van der Waals surface area contributed by atoms with Crippen LogP contribution in [0.1, 0.15) is 4.88 Å². The second kappa shape index (κ2) is 3.42. The van der Waals surface area contributed by atoms with E-state index in [0.717, 1.165) is 10.7 Å². The molecule has 0 amide bonds. The average molecular weight is 208 g/mol. The van der Waals surface area contributed by atoms with Gasteiger partial charge in [-0.3, -0.25) is 5.10 Å². The van der Waals surface area contributed by atoms with Crippen molar-refractivity contribution >= 4 is 17.3 Å². The first-order chi connectivity index (χ1) is 6.66. The van der Waals surface area contributed by atoms with E-state index >= 15 is 0 Å². The lowest BCUT2D eigenvalue weighted by atomic mass is 10.4. The standard InChI is InChI=1S/C9H12N4S/c1-6-4-5-7(14-6)8-10-9(12-11-8)13(2)3/h4-5H,1-3H3,(H,10,11,12). The fourth-order valence-corrected chi connectivity index (χ4v) is 1.93. The van der Waals surface area contributed by atoms with Crippen molar-refractivity contribution in [3.8, 4) is 10.7 Å². The largest absolute Gasteiger partial charge is 0.346 e. The van der Waals surface area contributed by atoms with Crippen molar-refractivity contribution in [1.82, 2.24) is 15.2 Å². The number of anilines is 1. The molecule has 0 bridgehead atoms. The molecule has 0 fully saturated rings. The van der Waals surface area contributed by atoms with Gasteiger partial charge < -0.3 is 4.90 Å². The lowest BCUT2D eigenvalue weighted by Gasteiger charge is -2.03. The molecule has 5 heteroatoms. The summed E-state index contributed by atoms with van der Waals surface area (Å²) >= 11 is 1.71. The highest BCUT2D eigenvalue weighted by Gasteiger charge is 2.07. The molecule has 0 spiro atoms. The van der Waals surface area contributed by atoms with Gasteiger partial charge in [0.1, 0.15) is 0 Å². The smallest absolute Gasteiger partial charge is 0.244 e. The first-order valence-electron chi connectivity index (χ1n) is 4.33. The maximum absolute atomic E-state index is 4.36. The topological polar surface area (TPSA) is 44.8 Å². The number of aryl methyl sites for hydroxylation is 1. The summed E-state index contributed by atoms with van der Waals surface area (Å²) in [5.41, 5.74) is 0. The Morgan fingerprint density at radius 3 is 2.64 bits per heavy atom. The van der Waals surface area contributed by atoms with Crippen LogP contribution in [0.3, 0.4) is 0 Å². The number of aromatic amines is 1. The van der Waals surface area contributed by atoms with Crippen molar-refractivity contribution in [2.24, 2.45) is 0 Å². The summed E-state index contributed by atoms with van der Waals surface area (Å²) < 4.78 is 0. The minimum absolute atomic E-state index is 0.714. The normalized spacial score (nSPS) is 10.5. The predicted molar refractivity (Wildman–Crippen MR) is 58.8 cm³/mol. The van der Waals surface area contributed by atoms with E-state index in [0.29, 0.717) is 5.95 Å². The van der Waals surface area contributed by atoms with E-state index in [9.17, 15) is 0 Å². The minimum atomic E-state index is 0.714. The fraction of sp³-hybridized carbons (Fsp3) is 0.333. The van der Waals surface area contributed by atoms with Crippen LogP contribution < -0.4 is 4.90 Å². The lowest BCUT2D eigenvalue weighted by Crippen LogP contribution is -2.10. The van der Waals surface area contributed by atoms with Crippen molar-refractivity contribution in [2.75, 3.05) is 19.0 Å². The van der Waals surface area contributed by atoms with E-state index in [2.05, 4.69) is 34.2 Å².